The van der Waals surface area contributed by atoms with Gasteiger partial charge in [-0.25, -0.2) is 0 Å². The van der Waals surface area contributed by atoms with E-state index in [-0.39, 0.29) is 11.9 Å². The predicted molar refractivity (Wildman–Crippen MR) is 81.1 cm³/mol. The Labute approximate surface area is 124 Å². The molecule has 1 unspecified atom stereocenters. The Kier molecular flexibility index (Phi) is 3.65. The average molecular weight is 282 g/mol. The molecule has 0 saturated heterocycles. The van der Waals surface area contributed by atoms with E-state index in [9.17, 15) is 4.79 Å². The van der Waals surface area contributed by atoms with E-state index in [0.29, 0.717) is 23.5 Å². The Morgan fingerprint density at radius 1 is 1.24 bits per heavy atom. The standard InChI is InChI=1S/C18H18O3/c1-3-12-6-4-5-7-14(12)18-11-16(19)15-9-8-13(20-2)10-17(15)21-18/h4-10,18H,3,11H2,1-2H3. The topological polar surface area (TPSA) is 35.5 Å². The third kappa shape index (κ3) is 2.51. The largest absolute Gasteiger partial charge is 0.497 e. The van der Waals surface area contributed by atoms with Crippen molar-refractivity contribution in [2.24, 2.45) is 0 Å². The summed E-state index contributed by atoms with van der Waals surface area (Å²) in [5, 5.41) is 0. The maximum Gasteiger partial charge on any atom is 0.170 e. The molecule has 3 rings (SSSR count). The molecule has 0 N–H and O–H groups in total. The first kappa shape index (κ1) is 13.7. The molecule has 0 amide bonds. The molecular formula is C18H18O3. The maximum absolute atomic E-state index is 12.3. The molecule has 1 heterocycles. The Morgan fingerprint density at radius 3 is 2.81 bits per heavy atom. The Bertz CT molecular complexity index is 676. The van der Waals surface area contributed by atoms with Gasteiger partial charge in [0, 0.05) is 6.07 Å². The first-order valence-corrected chi connectivity index (χ1v) is 7.18. The number of ketones is 1. The van der Waals surface area contributed by atoms with Crippen LogP contribution >= 0.6 is 0 Å². The summed E-state index contributed by atoms with van der Waals surface area (Å²) in [6.07, 6.45) is 1.10. The van der Waals surface area contributed by atoms with Crippen molar-refractivity contribution in [3.05, 3.63) is 59.2 Å². The molecule has 2 aromatic rings. The number of carbonyl (C=O) groups excluding carboxylic acids is 1. The summed E-state index contributed by atoms with van der Waals surface area (Å²) >= 11 is 0. The molecule has 1 atom stereocenters. The van der Waals surface area contributed by atoms with Crippen molar-refractivity contribution in [1.29, 1.82) is 0 Å². The van der Waals surface area contributed by atoms with Crippen LogP contribution in [-0.2, 0) is 6.42 Å². The van der Waals surface area contributed by atoms with Crippen LogP contribution in [0.1, 0.15) is 40.9 Å². The molecule has 0 aromatic heterocycles. The smallest absolute Gasteiger partial charge is 0.170 e. The lowest BCUT2D eigenvalue weighted by Gasteiger charge is -2.27. The summed E-state index contributed by atoms with van der Waals surface area (Å²) in [6, 6.07) is 13.5. The van der Waals surface area contributed by atoms with Crippen LogP contribution in [0.3, 0.4) is 0 Å². The van der Waals surface area contributed by atoms with Crippen molar-refractivity contribution in [2.75, 3.05) is 7.11 Å². The van der Waals surface area contributed by atoms with E-state index in [1.807, 2.05) is 18.2 Å². The summed E-state index contributed by atoms with van der Waals surface area (Å²) in [4.78, 5) is 12.3. The molecule has 0 radical (unpaired) electrons. The highest BCUT2D eigenvalue weighted by Crippen LogP contribution is 2.37. The fourth-order valence-electron chi connectivity index (χ4n) is 2.77. The molecule has 108 valence electrons. The second-order valence-corrected chi connectivity index (χ2v) is 5.15. The lowest BCUT2D eigenvalue weighted by Crippen LogP contribution is -2.21. The van der Waals surface area contributed by atoms with Crippen molar-refractivity contribution in [1.82, 2.24) is 0 Å². The normalized spacial score (nSPS) is 17.0. The van der Waals surface area contributed by atoms with Crippen molar-refractivity contribution < 1.29 is 14.3 Å². The number of ether oxygens (including phenoxy) is 2. The van der Waals surface area contributed by atoms with E-state index < -0.39 is 0 Å². The zero-order chi connectivity index (χ0) is 14.8. The number of Topliss-reactive ketones (excluding diaryl/α,β-unsaturated/α-hetero) is 1. The molecule has 0 aliphatic carbocycles. The Morgan fingerprint density at radius 2 is 2.05 bits per heavy atom. The molecule has 3 nitrogen and oxygen atoms in total. The number of hydrogen-bond donors (Lipinski definition) is 0. The van der Waals surface area contributed by atoms with E-state index >= 15 is 0 Å². The lowest BCUT2D eigenvalue weighted by molar-refractivity contribution is 0.0848. The zero-order valence-corrected chi connectivity index (χ0v) is 12.3. The highest BCUT2D eigenvalue weighted by atomic mass is 16.5. The van der Waals surface area contributed by atoms with Gasteiger partial charge in [-0.05, 0) is 29.7 Å². The second kappa shape index (κ2) is 5.60. The Hall–Kier alpha value is -2.29. The maximum atomic E-state index is 12.3. The number of rotatable bonds is 3. The van der Waals surface area contributed by atoms with Crippen LogP contribution in [0.5, 0.6) is 11.5 Å². The van der Waals surface area contributed by atoms with Crippen LogP contribution in [0, 0.1) is 0 Å². The van der Waals surface area contributed by atoms with Crippen LogP contribution in [0.4, 0.5) is 0 Å². The van der Waals surface area contributed by atoms with Gasteiger partial charge in [0.05, 0.1) is 19.1 Å². The number of methoxy groups -OCH3 is 1. The van der Waals surface area contributed by atoms with Crippen LogP contribution in [0.25, 0.3) is 0 Å². The number of benzene rings is 2. The van der Waals surface area contributed by atoms with E-state index in [1.54, 1.807) is 25.3 Å². The fourth-order valence-corrected chi connectivity index (χ4v) is 2.77. The molecule has 21 heavy (non-hydrogen) atoms. The number of aryl methyl sites for hydroxylation is 1. The third-order valence-corrected chi connectivity index (χ3v) is 3.91. The minimum Gasteiger partial charge on any atom is -0.497 e. The van der Waals surface area contributed by atoms with Crippen molar-refractivity contribution in [3.8, 4) is 11.5 Å². The van der Waals surface area contributed by atoms with Crippen molar-refractivity contribution in [3.63, 3.8) is 0 Å². The molecule has 1 aliphatic rings. The molecule has 0 bridgehead atoms. The van der Waals surface area contributed by atoms with Gasteiger partial charge in [0.2, 0.25) is 0 Å². The lowest BCUT2D eigenvalue weighted by atomic mass is 9.92. The van der Waals surface area contributed by atoms with Gasteiger partial charge in [-0.15, -0.1) is 0 Å². The second-order valence-electron chi connectivity index (χ2n) is 5.15. The van der Waals surface area contributed by atoms with Crippen LogP contribution < -0.4 is 9.47 Å². The van der Waals surface area contributed by atoms with Gasteiger partial charge < -0.3 is 9.47 Å². The fraction of sp³-hybridized carbons (Fsp3) is 0.278. The minimum atomic E-state index is -0.215. The highest BCUT2D eigenvalue weighted by Gasteiger charge is 2.28. The number of fused-ring (bicyclic) bond motifs is 1. The number of carbonyl (C=O) groups is 1. The highest BCUT2D eigenvalue weighted by molar-refractivity contribution is 6.00. The van der Waals surface area contributed by atoms with Crippen LogP contribution in [0.2, 0.25) is 0 Å². The van der Waals surface area contributed by atoms with Crippen LogP contribution in [-0.4, -0.2) is 12.9 Å². The van der Waals surface area contributed by atoms with Gasteiger partial charge in [-0.2, -0.15) is 0 Å². The van der Waals surface area contributed by atoms with Gasteiger partial charge in [0.25, 0.3) is 0 Å². The summed E-state index contributed by atoms with van der Waals surface area (Å²) in [5.41, 5.74) is 2.96. The van der Waals surface area contributed by atoms with Crippen molar-refractivity contribution >= 4 is 5.78 Å². The van der Waals surface area contributed by atoms with E-state index in [4.69, 9.17) is 9.47 Å². The molecular weight excluding hydrogens is 264 g/mol. The molecule has 3 heteroatoms. The SMILES string of the molecule is CCc1ccccc1C1CC(=O)c2ccc(OC)cc2O1. The summed E-state index contributed by atoms with van der Waals surface area (Å²) in [5.74, 6) is 1.43. The first-order chi connectivity index (χ1) is 10.2. The predicted octanol–water partition coefficient (Wildman–Crippen LogP) is 3.96. The van der Waals surface area contributed by atoms with Gasteiger partial charge >= 0.3 is 0 Å². The molecule has 2 aromatic carbocycles. The van der Waals surface area contributed by atoms with Gasteiger partial charge in [-0.1, -0.05) is 31.2 Å². The van der Waals surface area contributed by atoms with Gasteiger partial charge in [0.15, 0.2) is 5.78 Å². The van der Waals surface area contributed by atoms with E-state index in [0.717, 1.165) is 12.0 Å². The molecule has 0 fully saturated rings. The molecule has 1 aliphatic heterocycles. The molecule has 0 saturated carbocycles. The molecule has 0 spiro atoms. The monoisotopic (exact) mass is 282 g/mol. The quantitative estimate of drug-likeness (QED) is 0.854. The van der Waals surface area contributed by atoms with Gasteiger partial charge in [-0.3, -0.25) is 4.79 Å². The summed E-state index contributed by atoms with van der Waals surface area (Å²) in [7, 11) is 1.61. The van der Waals surface area contributed by atoms with E-state index in [1.165, 1.54) is 5.56 Å². The van der Waals surface area contributed by atoms with Crippen molar-refractivity contribution in [2.45, 2.75) is 25.9 Å². The Balaban J connectivity index is 1.99. The van der Waals surface area contributed by atoms with E-state index in [2.05, 4.69) is 13.0 Å². The van der Waals surface area contributed by atoms with Gasteiger partial charge in [0.1, 0.15) is 17.6 Å². The minimum absolute atomic E-state index is 0.120. The average Bonchev–Trinajstić information content (AvgIpc) is 2.54. The first-order valence-electron chi connectivity index (χ1n) is 7.18. The summed E-state index contributed by atoms with van der Waals surface area (Å²) in [6.45, 7) is 2.11. The van der Waals surface area contributed by atoms with Crippen LogP contribution in [0.15, 0.2) is 42.5 Å². The summed E-state index contributed by atoms with van der Waals surface area (Å²) < 4.78 is 11.3. The third-order valence-electron chi connectivity index (χ3n) is 3.91. The number of hydrogen-bond acceptors (Lipinski definition) is 3. The zero-order valence-electron chi connectivity index (χ0n) is 12.3.